The summed E-state index contributed by atoms with van der Waals surface area (Å²) in [5.74, 6) is 1.13. The minimum Gasteiger partial charge on any atom is -0.423 e. The average molecular weight is 231 g/mol. The molecule has 1 aromatic carbocycles. The first kappa shape index (κ1) is 11.6. The molecular weight excluding hydrogens is 214 g/mol. The van der Waals surface area contributed by atoms with Gasteiger partial charge >= 0.3 is 0 Å². The van der Waals surface area contributed by atoms with Crippen molar-refractivity contribution in [2.75, 3.05) is 5.32 Å². The standard InChI is InChI=1S/C13H17N3O/c1-9(2)10(3)15-12-6-4-5-11(7-12)13-16-14-8-17-13/h4-10,15H,1-3H3. The zero-order chi connectivity index (χ0) is 12.3. The first-order chi connectivity index (χ1) is 8.16. The maximum atomic E-state index is 5.18. The number of nitrogens with zero attached hydrogens (tertiary/aromatic N) is 2. The van der Waals surface area contributed by atoms with Crippen LogP contribution in [0.5, 0.6) is 0 Å². The molecule has 0 aliphatic carbocycles. The van der Waals surface area contributed by atoms with E-state index in [1.807, 2.05) is 24.3 Å². The lowest BCUT2D eigenvalue weighted by Gasteiger charge is -2.18. The third-order valence-corrected chi connectivity index (χ3v) is 2.86. The number of benzene rings is 1. The van der Waals surface area contributed by atoms with E-state index >= 15 is 0 Å². The predicted molar refractivity (Wildman–Crippen MR) is 67.7 cm³/mol. The van der Waals surface area contributed by atoms with E-state index in [4.69, 9.17) is 4.42 Å². The lowest BCUT2D eigenvalue weighted by atomic mass is 10.1. The smallest absolute Gasteiger partial charge is 0.247 e. The van der Waals surface area contributed by atoms with Crippen LogP contribution in [0.3, 0.4) is 0 Å². The quantitative estimate of drug-likeness (QED) is 0.878. The SMILES string of the molecule is CC(C)C(C)Nc1cccc(-c2nnco2)c1. The molecule has 1 N–H and O–H groups in total. The van der Waals surface area contributed by atoms with Crippen molar-refractivity contribution in [3.05, 3.63) is 30.7 Å². The molecule has 0 saturated heterocycles. The molecule has 0 spiro atoms. The van der Waals surface area contributed by atoms with Gasteiger partial charge in [-0.25, -0.2) is 0 Å². The molecule has 0 aliphatic rings. The fourth-order valence-corrected chi connectivity index (χ4v) is 1.47. The Morgan fingerprint density at radius 3 is 2.71 bits per heavy atom. The van der Waals surface area contributed by atoms with Crippen molar-refractivity contribution in [3.8, 4) is 11.5 Å². The Balaban J connectivity index is 2.18. The largest absolute Gasteiger partial charge is 0.423 e. The second-order valence-electron chi connectivity index (χ2n) is 4.50. The van der Waals surface area contributed by atoms with Crippen LogP contribution in [0.2, 0.25) is 0 Å². The van der Waals surface area contributed by atoms with Gasteiger partial charge in [0.25, 0.3) is 0 Å². The van der Waals surface area contributed by atoms with E-state index in [0.29, 0.717) is 17.9 Å². The summed E-state index contributed by atoms with van der Waals surface area (Å²) in [5.41, 5.74) is 2.00. The molecule has 2 rings (SSSR count). The Labute approximate surface area is 101 Å². The summed E-state index contributed by atoms with van der Waals surface area (Å²) >= 11 is 0. The molecule has 0 amide bonds. The van der Waals surface area contributed by atoms with Gasteiger partial charge in [0.15, 0.2) is 0 Å². The molecule has 1 heterocycles. The van der Waals surface area contributed by atoms with Crippen molar-refractivity contribution in [1.29, 1.82) is 0 Å². The van der Waals surface area contributed by atoms with E-state index in [-0.39, 0.29) is 0 Å². The topological polar surface area (TPSA) is 51.0 Å². The van der Waals surface area contributed by atoms with Crippen molar-refractivity contribution in [2.45, 2.75) is 26.8 Å². The van der Waals surface area contributed by atoms with Gasteiger partial charge in [0, 0.05) is 17.3 Å². The van der Waals surface area contributed by atoms with Crippen molar-refractivity contribution in [1.82, 2.24) is 10.2 Å². The molecule has 4 nitrogen and oxygen atoms in total. The van der Waals surface area contributed by atoms with Gasteiger partial charge in [0.2, 0.25) is 12.3 Å². The van der Waals surface area contributed by atoms with E-state index in [1.54, 1.807) is 0 Å². The Morgan fingerprint density at radius 2 is 2.06 bits per heavy atom. The van der Waals surface area contributed by atoms with E-state index in [0.717, 1.165) is 11.3 Å². The van der Waals surface area contributed by atoms with Crippen LogP contribution in [-0.4, -0.2) is 16.2 Å². The van der Waals surface area contributed by atoms with E-state index < -0.39 is 0 Å². The summed E-state index contributed by atoms with van der Waals surface area (Å²) in [6.45, 7) is 6.56. The second kappa shape index (κ2) is 4.99. The van der Waals surface area contributed by atoms with Crippen LogP contribution in [0, 0.1) is 5.92 Å². The van der Waals surface area contributed by atoms with Crippen molar-refractivity contribution < 1.29 is 4.42 Å². The normalized spacial score (nSPS) is 12.7. The Hall–Kier alpha value is -1.84. The summed E-state index contributed by atoms with van der Waals surface area (Å²) in [4.78, 5) is 0. The summed E-state index contributed by atoms with van der Waals surface area (Å²) in [5, 5.41) is 11.0. The van der Waals surface area contributed by atoms with Gasteiger partial charge in [0.1, 0.15) is 0 Å². The number of nitrogens with one attached hydrogen (secondary N) is 1. The zero-order valence-electron chi connectivity index (χ0n) is 10.3. The number of anilines is 1. The van der Waals surface area contributed by atoms with Gasteiger partial charge in [-0.05, 0) is 31.0 Å². The molecule has 90 valence electrons. The molecule has 4 heteroatoms. The summed E-state index contributed by atoms with van der Waals surface area (Å²) in [7, 11) is 0. The highest BCUT2D eigenvalue weighted by Crippen LogP contribution is 2.21. The molecule has 17 heavy (non-hydrogen) atoms. The first-order valence-electron chi connectivity index (χ1n) is 5.80. The number of aromatic nitrogens is 2. The van der Waals surface area contributed by atoms with Crippen LogP contribution in [0.1, 0.15) is 20.8 Å². The number of rotatable bonds is 4. The Bertz CT molecular complexity index is 465. The highest BCUT2D eigenvalue weighted by molar-refractivity contribution is 5.61. The minimum atomic E-state index is 0.424. The molecule has 0 fully saturated rings. The van der Waals surface area contributed by atoms with Crippen LogP contribution < -0.4 is 5.32 Å². The zero-order valence-corrected chi connectivity index (χ0v) is 10.3. The molecule has 0 saturated carbocycles. The third kappa shape index (κ3) is 2.84. The maximum absolute atomic E-state index is 5.18. The van der Waals surface area contributed by atoms with Gasteiger partial charge in [-0.15, -0.1) is 10.2 Å². The summed E-state index contributed by atoms with van der Waals surface area (Å²) in [6.07, 6.45) is 1.34. The fourth-order valence-electron chi connectivity index (χ4n) is 1.47. The molecule has 0 radical (unpaired) electrons. The van der Waals surface area contributed by atoms with Gasteiger partial charge in [-0.2, -0.15) is 0 Å². The first-order valence-corrected chi connectivity index (χ1v) is 5.80. The molecule has 1 aromatic heterocycles. The minimum absolute atomic E-state index is 0.424. The summed E-state index contributed by atoms with van der Waals surface area (Å²) < 4.78 is 5.18. The number of hydrogen-bond donors (Lipinski definition) is 1. The van der Waals surface area contributed by atoms with Crippen molar-refractivity contribution >= 4 is 5.69 Å². The second-order valence-corrected chi connectivity index (χ2v) is 4.50. The molecule has 0 bridgehead atoms. The van der Waals surface area contributed by atoms with Crippen LogP contribution in [0.4, 0.5) is 5.69 Å². The summed E-state index contributed by atoms with van der Waals surface area (Å²) in [6, 6.07) is 8.42. The predicted octanol–water partition coefficient (Wildman–Crippen LogP) is 3.19. The third-order valence-electron chi connectivity index (χ3n) is 2.86. The van der Waals surface area contributed by atoms with Crippen LogP contribution >= 0.6 is 0 Å². The van der Waals surface area contributed by atoms with Gasteiger partial charge in [-0.3, -0.25) is 0 Å². The van der Waals surface area contributed by atoms with Crippen LogP contribution in [-0.2, 0) is 0 Å². The highest BCUT2D eigenvalue weighted by Gasteiger charge is 2.08. The van der Waals surface area contributed by atoms with Gasteiger partial charge in [0.05, 0.1) is 0 Å². The van der Waals surface area contributed by atoms with Crippen LogP contribution in [0.25, 0.3) is 11.5 Å². The van der Waals surface area contributed by atoms with E-state index in [2.05, 4.69) is 36.3 Å². The lowest BCUT2D eigenvalue weighted by molar-refractivity contribution is 0.559. The van der Waals surface area contributed by atoms with Crippen LogP contribution in [0.15, 0.2) is 35.1 Å². The van der Waals surface area contributed by atoms with E-state index in [1.165, 1.54) is 6.39 Å². The Kier molecular flexibility index (Phi) is 3.42. The molecule has 2 aromatic rings. The molecule has 0 aliphatic heterocycles. The van der Waals surface area contributed by atoms with Gasteiger partial charge in [-0.1, -0.05) is 19.9 Å². The molecule has 1 atom stereocenters. The van der Waals surface area contributed by atoms with Crippen molar-refractivity contribution in [2.24, 2.45) is 5.92 Å². The van der Waals surface area contributed by atoms with Crippen molar-refractivity contribution in [3.63, 3.8) is 0 Å². The average Bonchev–Trinajstić information content (AvgIpc) is 2.82. The molecule has 1 unspecified atom stereocenters. The fraction of sp³-hybridized carbons (Fsp3) is 0.385. The Morgan fingerprint density at radius 1 is 1.24 bits per heavy atom. The number of hydrogen-bond acceptors (Lipinski definition) is 4. The molecular formula is C13H17N3O. The monoisotopic (exact) mass is 231 g/mol. The van der Waals surface area contributed by atoms with Gasteiger partial charge < -0.3 is 9.73 Å². The highest BCUT2D eigenvalue weighted by atomic mass is 16.4. The lowest BCUT2D eigenvalue weighted by Crippen LogP contribution is -2.21. The maximum Gasteiger partial charge on any atom is 0.247 e. The van der Waals surface area contributed by atoms with E-state index in [9.17, 15) is 0 Å².